The zero-order chi connectivity index (χ0) is 18.4. The molecule has 6 nitrogen and oxygen atoms in total. The number of thiazole rings is 1. The van der Waals surface area contributed by atoms with Crippen LogP contribution in [0.5, 0.6) is 0 Å². The normalized spacial score (nSPS) is 11.2. The lowest BCUT2D eigenvalue weighted by atomic mass is 10.2. The van der Waals surface area contributed by atoms with Crippen LogP contribution in [-0.2, 0) is 20.4 Å². The summed E-state index contributed by atoms with van der Waals surface area (Å²) in [5.74, 6) is -0.641. The van der Waals surface area contributed by atoms with Crippen molar-refractivity contribution in [1.82, 2.24) is 9.97 Å². The van der Waals surface area contributed by atoms with E-state index in [0.717, 1.165) is 5.69 Å². The summed E-state index contributed by atoms with van der Waals surface area (Å²) in [6, 6.07) is 14.4. The molecule has 0 atom stereocenters. The Morgan fingerprint density at radius 2 is 1.81 bits per heavy atom. The maximum Gasteiger partial charge on any atom is 0.227 e. The van der Waals surface area contributed by atoms with Gasteiger partial charge in [0.1, 0.15) is 5.69 Å². The van der Waals surface area contributed by atoms with Gasteiger partial charge in [-0.05, 0) is 17.7 Å². The van der Waals surface area contributed by atoms with Crippen LogP contribution >= 0.6 is 11.3 Å². The van der Waals surface area contributed by atoms with Gasteiger partial charge in [-0.25, -0.2) is 13.4 Å². The molecule has 8 heteroatoms. The molecule has 0 bridgehead atoms. The highest BCUT2D eigenvalue weighted by Gasteiger charge is 2.15. The lowest BCUT2D eigenvalue weighted by Gasteiger charge is -2.05. The van der Waals surface area contributed by atoms with Crippen molar-refractivity contribution in [2.75, 3.05) is 11.1 Å². The molecule has 0 fully saturated rings. The maximum atomic E-state index is 12.1. The predicted octanol–water partition coefficient (Wildman–Crippen LogP) is 3.15. The Kier molecular flexibility index (Phi) is 5.75. The van der Waals surface area contributed by atoms with Crippen molar-refractivity contribution in [2.45, 2.75) is 12.2 Å². The highest BCUT2D eigenvalue weighted by molar-refractivity contribution is 7.90. The van der Waals surface area contributed by atoms with Gasteiger partial charge < -0.3 is 5.32 Å². The first-order valence-corrected chi connectivity index (χ1v) is 10.6. The highest BCUT2D eigenvalue weighted by atomic mass is 32.2. The molecule has 1 N–H and O–H groups in total. The van der Waals surface area contributed by atoms with Crippen molar-refractivity contribution >= 4 is 32.2 Å². The van der Waals surface area contributed by atoms with Crippen LogP contribution in [0.3, 0.4) is 0 Å². The fourth-order valence-electron chi connectivity index (χ4n) is 2.29. The van der Waals surface area contributed by atoms with Crippen molar-refractivity contribution in [2.24, 2.45) is 0 Å². The Bertz CT molecular complexity index is 971. The molecule has 1 aromatic carbocycles. The van der Waals surface area contributed by atoms with Crippen LogP contribution in [0, 0.1) is 0 Å². The molecule has 0 aliphatic rings. The zero-order valence-electron chi connectivity index (χ0n) is 13.8. The number of nitrogens with one attached hydrogen (secondary N) is 1. The number of anilines is 1. The minimum atomic E-state index is -3.35. The number of carbonyl (C=O) groups is 1. The van der Waals surface area contributed by atoms with E-state index in [1.807, 2.05) is 24.3 Å². The number of sulfone groups is 1. The van der Waals surface area contributed by atoms with E-state index >= 15 is 0 Å². The largest absolute Gasteiger partial charge is 0.302 e. The number of amides is 1. The number of hydrogen-bond donors (Lipinski definition) is 1. The standard InChI is InChI=1S/C18H17N3O3S2/c22-17(9-11-26(23,24)13-14-6-2-1-3-7-14)21-18-20-16(12-25-18)15-8-4-5-10-19-15/h1-8,10,12H,9,11,13H2,(H,20,21,22). The first-order valence-electron chi connectivity index (χ1n) is 7.93. The number of rotatable bonds is 7. The molecule has 0 saturated heterocycles. The predicted molar refractivity (Wildman–Crippen MR) is 103 cm³/mol. The molecular formula is C18H17N3O3S2. The monoisotopic (exact) mass is 387 g/mol. The molecule has 0 spiro atoms. The van der Waals surface area contributed by atoms with Crippen molar-refractivity contribution in [1.29, 1.82) is 0 Å². The summed E-state index contributed by atoms with van der Waals surface area (Å²) in [5.41, 5.74) is 2.10. The van der Waals surface area contributed by atoms with Gasteiger partial charge in [-0.3, -0.25) is 9.78 Å². The van der Waals surface area contributed by atoms with Gasteiger partial charge in [-0.1, -0.05) is 36.4 Å². The van der Waals surface area contributed by atoms with Gasteiger partial charge in [-0.15, -0.1) is 11.3 Å². The molecular weight excluding hydrogens is 370 g/mol. The summed E-state index contributed by atoms with van der Waals surface area (Å²) >= 11 is 1.28. The fourth-order valence-corrected chi connectivity index (χ4v) is 4.35. The van der Waals surface area contributed by atoms with Gasteiger partial charge in [0.15, 0.2) is 15.0 Å². The van der Waals surface area contributed by atoms with Crippen molar-refractivity contribution in [3.05, 3.63) is 65.7 Å². The van der Waals surface area contributed by atoms with E-state index in [0.29, 0.717) is 16.4 Å². The first-order chi connectivity index (χ1) is 12.5. The summed E-state index contributed by atoms with van der Waals surface area (Å²) in [5, 5.41) is 4.87. The summed E-state index contributed by atoms with van der Waals surface area (Å²) in [4.78, 5) is 20.5. The summed E-state index contributed by atoms with van der Waals surface area (Å²) in [6.07, 6.45) is 1.57. The topological polar surface area (TPSA) is 89.0 Å². The van der Waals surface area contributed by atoms with Crippen molar-refractivity contribution < 1.29 is 13.2 Å². The van der Waals surface area contributed by atoms with Crippen LogP contribution < -0.4 is 5.32 Å². The van der Waals surface area contributed by atoms with Crippen LogP contribution in [0.15, 0.2) is 60.1 Å². The van der Waals surface area contributed by atoms with Gasteiger partial charge in [0.2, 0.25) is 5.91 Å². The first kappa shape index (κ1) is 18.2. The Morgan fingerprint density at radius 3 is 2.54 bits per heavy atom. The second-order valence-electron chi connectivity index (χ2n) is 5.63. The lowest BCUT2D eigenvalue weighted by Crippen LogP contribution is -2.18. The van der Waals surface area contributed by atoms with E-state index in [-0.39, 0.29) is 23.8 Å². The van der Waals surface area contributed by atoms with E-state index in [1.165, 1.54) is 11.3 Å². The maximum absolute atomic E-state index is 12.1. The zero-order valence-corrected chi connectivity index (χ0v) is 15.5. The molecule has 134 valence electrons. The third-order valence-electron chi connectivity index (χ3n) is 3.55. The van der Waals surface area contributed by atoms with E-state index in [4.69, 9.17) is 0 Å². The fraction of sp³-hybridized carbons (Fsp3) is 0.167. The Labute approximate surface area is 155 Å². The van der Waals surface area contributed by atoms with Crippen molar-refractivity contribution in [3.8, 4) is 11.4 Å². The molecule has 3 rings (SSSR count). The molecule has 0 saturated carbocycles. The lowest BCUT2D eigenvalue weighted by molar-refractivity contribution is -0.115. The third kappa shape index (κ3) is 5.21. The number of nitrogens with zero attached hydrogens (tertiary/aromatic N) is 2. The average molecular weight is 387 g/mol. The number of hydrogen-bond acceptors (Lipinski definition) is 6. The Hall–Kier alpha value is -2.58. The molecule has 0 aliphatic heterocycles. The SMILES string of the molecule is O=C(CCS(=O)(=O)Cc1ccccc1)Nc1nc(-c2ccccn2)cs1. The third-order valence-corrected chi connectivity index (χ3v) is 5.90. The van der Waals surface area contributed by atoms with Crippen molar-refractivity contribution in [3.63, 3.8) is 0 Å². The molecule has 2 heterocycles. The van der Waals surface area contributed by atoms with Gasteiger partial charge in [-0.2, -0.15) is 0 Å². The summed E-state index contributed by atoms with van der Waals surface area (Å²) in [7, 11) is -3.35. The summed E-state index contributed by atoms with van der Waals surface area (Å²) < 4.78 is 24.3. The van der Waals surface area contributed by atoms with Crippen LogP contribution in [0.4, 0.5) is 5.13 Å². The number of benzene rings is 1. The highest BCUT2D eigenvalue weighted by Crippen LogP contribution is 2.23. The molecule has 0 unspecified atom stereocenters. The number of carbonyl (C=O) groups excluding carboxylic acids is 1. The molecule has 3 aromatic rings. The van der Waals surface area contributed by atoms with Crippen LogP contribution in [0.1, 0.15) is 12.0 Å². The van der Waals surface area contributed by atoms with Gasteiger partial charge >= 0.3 is 0 Å². The second-order valence-corrected chi connectivity index (χ2v) is 8.67. The second kappa shape index (κ2) is 8.20. The average Bonchev–Trinajstić information content (AvgIpc) is 3.10. The van der Waals surface area contributed by atoms with E-state index in [9.17, 15) is 13.2 Å². The number of pyridine rings is 1. The van der Waals surface area contributed by atoms with Crippen LogP contribution in [0.25, 0.3) is 11.4 Å². The quantitative estimate of drug-likeness (QED) is 0.673. The molecule has 0 aliphatic carbocycles. The minimum absolute atomic E-state index is 0.0673. The van der Waals surface area contributed by atoms with Gasteiger partial charge in [0, 0.05) is 18.0 Å². The number of aromatic nitrogens is 2. The smallest absolute Gasteiger partial charge is 0.227 e. The molecule has 26 heavy (non-hydrogen) atoms. The van der Waals surface area contributed by atoms with Gasteiger partial charge in [0.25, 0.3) is 0 Å². The summed E-state index contributed by atoms with van der Waals surface area (Å²) in [6.45, 7) is 0. The minimum Gasteiger partial charge on any atom is -0.302 e. The van der Waals surface area contributed by atoms with E-state index in [2.05, 4.69) is 15.3 Å². The van der Waals surface area contributed by atoms with E-state index < -0.39 is 9.84 Å². The van der Waals surface area contributed by atoms with Crippen LogP contribution in [0.2, 0.25) is 0 Å². The Balaban J connectivity index is 1.54. The van der Waals surface area contributed by atoms with E-state index in [1.54, 1.807) is 35.8 Å². The Morgan fingerprint density at radius 1 is 1.04 bits per heavy atom. The van der Waals surface area contributed by atoms with Gasteiger partial charge in [0.05, 0.1) is 17.2 Å². The molecule has 2 aromatic heterocycles. The van der Waals surface area contributed by atoms with Crippen LogP contribution in [-0.4, -0.2) is 30.0 Å². The molecule has 0 radical (unpaired) electrons. The molecule has 1 amide bonds.